The van der Waals surface area contributed by atoms with Gasteiger partial charge in [0.2, 0.25) is 0 Å². The fourth-order valence-corrected chi connectivity index (χ4v) is 3.01. The van der Waals surface area contributed by atoms with E-state index in [0.29, 0.717) is 29.3 Å². The van der Waals surface area contributed by atoms with Crippen molar-refractivity contribution in [3.63, 3.8) is 0 Å². The molecule has 7 nitrogen and oxygen atoms in total. The molecule has 0 spiro atoms. The molecule has 31 heavy (non-hydrogen) atoms. The number of ether oxygens (including phenoxy) is 1. The van der Waals surface area contributed by atoms with E-state index in [0.717, 1.165) is 5.56 Å². The topological polar surface area (TPSA) is 82.2 Å². The molecular formula is C23H21FN4O3. The molecule has 0 radical (unpaired) electrons. The van der Waals surface area contributed by atoms with Crippen LogP contribution >= 0.6 is 0 Å². The van der Waals surface area contributed by atoms with Crippen molar-refractivity contribution >= 4 is 11.6 Å². The van der Waals surface area contributed by atoms with Crippen LogP contribution in [-0.2, 0) is 13.2 Å². The normalized spacial score (nSPS) is 10.8. The minimum atomic E-state index is -0.426. The van der Waals surface area contributed by atoms with Gasteiger partial charge in [-0.25, -0.2) is 4.39 Å². The van der Waals surface area contributed by atoms with E-state index in [4.69, 9.17) is 9.26 Å². The lowest BCUT2D eigenvalue weighted by atomic mass is 10.1. The van der Waals surface area contributed by atoms with Crippen LogP contribution in [0.3, 0.4) is 0 Å². The predicted molar refractivity (Wildman–Crippen MR) is 112 cm³/mol. The van der Waals surface area contributed by atoms with Crippen molar-refractivity contribution in [3.8, 4) is 5.75 Å². The van der Waals surface area contributed by atoms with Crippen LogP contribution in [0.4, 0.5) is 10.1 Å². The molecular weight excluding hydrogens is 399 g/mol. The standard InChI is InChI=1S/C23H21FN4O3/c1-15-3-5-17(6-4-15)12-28-13-19(11-25-28)26-23(29)22-21(16(2)31-27-22)14-30-20-9-7-18(24)8-10-20/h3-11,13H,12,14H2,1-2H3,(H,26,29). The maximum absolute atomic E-state index is 13.0. The Bertz CT molecular complexity index is 1180. The van der Waals surface area contributed by atoms with E-state index in [2.05, 4.69) is 15.6 Å². The van der Waals surface area contributed by atoms with Gasteiger partial charge in [0.15, 0.2) is 5.69 Å². The lowest BCUT2D eigenvalue weighted by molar-refractivity contribution is 0.101. The highest BCUT2D eigenvalue weighted by atomic mass is 19.1. The number of nitrogens with zero attached hydrogens (tertiary/aromatic N) is 3. The summed E-state index contributed by atoms with van der Waals surface area (Å²) in [7, 11) is 0. The van der Waals surface area contributed by atoms with Crippen LogP contribution in [0.5, 0.6) is 5.75 Å². The summed E-state index contributed by atoms with van der Waals surface area (Å²) in [5.41, 5.74) is 3.50. The fraction of sp³-hybridized carbons (Fsp3) is 0.174. The van der Waals surface area contributed by atoms with Crippen LogP contribution in [0.2, 0.25) is 0 Å². The molecule has 1 N–H and O–H groups in total. The van der Waals surface area contributed by atoms with Gasteiger partial charge in [0.1, 0.15) is 23.9 Å². The molecule has 0 aliphatic rings. The number of hydrogen-bond donors (Lipinski definition) is 1. The van der Waals surface area contributed by atoms with Crippen molar-refractivity contribution in [2.75, 3.05) is 5.32 Å². The highest BCUT2D eigenvalue weighted by Gasteiger charge is 2.21. The van der Waals surface area contributed by atoms with Gasteiger partial charge >= 0.3 is 0 Å². The summed E-state index contributed by atoms with van der Waals surface area (Å²) in [5, 5.41) is 10.9. The number of halogens is 1. The van der Waals surface area contributed by atoms with E-state index in [1.807, 2.05) is 31.2 Å². The third-order valence-corrected chi connectivity index (χ3v) is 4.75. The number of nitrogens with one attached hydrogen (secondary N) is 1. The lowest BCUT2D eigenvalue weighted by Gasteiger charge is -2.06. The molecule has 0 aliphatic heterocycles. The first-order valence-electron chi connectivity index (χ1n) is 9.71. The zero-order valence-corrected chi connectivity index (χ0v) is 17.1. The van der Waals surface area contributed by atoms with E-state index in [1.165, 1.54) is 29.8 Å². The Balaban J connectivity index is 1.41. The van der Waals surface area contributed by atoms with Crippen molar-refractivity contribution in [2.45, 2.75) is 27.0 Å². The van der Waals surface area contributed by atoms with E-state index in [9.17, 15) is 9.18 Å². The van der Waals surface area contributed by atoms with Gasteiger partial charge in [-0.2, -0.15) is 5.10 Å². The van der Waals surface area contributed by atoms with Gasteiger partial charge in [0.05, 0.1) is 24.0 Å². The summed E-state index contributed by atoms with van der Waals surface area (Å²) in [6.45, 7) is 4.40. The summed E-state index contributed by atoms with van der Waals surface area (Å²) in [6, 6.07) is 13.8. The van der Waals surface area contributed by atoms with Gasteiger partial charge in [-0.3, -0.25) is 9.48 Å². The van der Waals surface area contributed by atoms with Crippen molar-refractivity contribution in [3.05, 3.63) is 94.9 Å². The van der Waals surface area contributed by atoms with Crippen LogP contribution in [0, 0.1) is 19.7 Å². The van der Waals surface area contributed by atoms with Crippen LogP contribution in [-0.4, -0.2) is 20.8 Å². The molecule has 4 rings (SSSR count). The quantitative estimate of drug-likeness (QED) is 0.476. The Morgan fingerprint density at radius 2 is 1.87 bits per heavy atom. The van der Waals surface area contributed by atoms with Crippen molar-refractivity contribution in [1.82, 2.24) is 14.9 Å². The minimum Gasteiger partial charge on any atom is -0.489 e. The largest absolute Gasteiger partial charge is 0.489 e. The second kappa shape index (κ2) is 8.83. The molecule has 8 heteroatoms. The van der Waals surface area contributed by atoms with Crippen molar-refractivity contribution < 1.29 is 18.4 Å². The third-order valence-electron chi connectivity index (χ3n) is 4.75. The average Bonchev–Trinajstić information content (AvgIpc) is 3.35. The van der Waals surface area contributed by atoms with Crippen LogP contribution < -0.4 is 10.1 Å². The molecule has 0 saturated carbocycles. The first kappa shape index (κ1) is 20.3. The molecule has 4 aromatic rings. The summed E-state index contributed by atoms with van der Waals surface area (Å²) in [5.74, 6) is 0.175. The molecule has 0 saturated heterocycles. The highest BCUT2D eigenvalue weighted by Crippen LogP contribution is 2.19. The van der Waals surface area contributed by atoms with Gasteiger partial charge < -0.3 is 14.6 Å². The van der Waals surface area contributed by atoms with Gasteiger partial charge in [-0.05, 0) is 43.7 Å². The first-order chi connectivity index (χ1) is 15.0. The Morgan fingerprint density at radius 1 is 1.13 bits per heavy atom. The minimum absolute atomic E-state index is 0.0659. The summed E-state index contributed by atoms with van der Waals surface area (Å²) >= 11 is 0. The third kappa shape index (κ3) is 4.98. The van der Waals surface area contributed by atoms with Gasteiger partial charge in [0, 0.05) is 6.20 Å². The maximum atomic E-state index is 13.0. The molecule has 2 aromatic heterocycles. The second-order valence-corrected chi connectivity index (χ2v) is 7.17. The van der Waals surface area contributed by atoms with E-state index in [1.54, 1.807) is 24.0 Å². The molecule has 1 amide bonds. The average molecular weight is 420 g/mol. The number of rotatable bonds is 7. The number of benzene rings is 2. The Kier molecular flexibility index (Phi) is 5.79. The molecule has 0 aliphatic carbocycles. The summed E-state index contributed by atoms with van der Waals surface area (Å²) in [6.07, 6.45) is 3.33. The number of amides is 1. The van der Waals surface area contributed by atoms with Crippen LogP contribution in [0.25, 0.3) is 0 Å². The molecule has 0 bridgehead atoms. The highest BCUT2D eigenvalue weighted by molar-refractivity contribution is 6.03. The monoisotopic (exact) mass is 420 g/mol. The van der Waals surface area contributed by atoms with Crippen molar-refractivity contribution in [2.24, 2.45) is 0 Å². The van der Waals surface area contributed by atoms with Crippen LogP contribution in [0.1, 0.15) is 32.9 Å². The smallest absolute Gasteiger partial charge is 0.278 e. The summed E-state index contributed by atoms with van der Waals surface area (Å²) < 4.78 is 25.6. The zero-order valence-electron chi connectivity index (χ0n) is 17.1. The molecule has 2 aromatic carbocycles. The number of hydrogen-bond acceptors (Lipinski definition) is 5. The van der Waals surface area contributed by atoms with Crippen LogP contribution in [0.15, 0.2) is 65.4 Å². The first-order valence-corrected chi connectivity index (χ1v) is 9.71. The predicted octanol–water partition coefficient (Wildman–Crippen LogP) is 4.51. The number of anilines is 1. The van der Waals surface area contributed by atoms with Gasteiger partial charge in [-0.15, -0.1) is 0 Å². The summed E-state index contributed by atoms with van der Waals surface area (Å²) in [4.78, 5) is 12.7. The molecule has 0 unspecified atom stereocenters. The van der Waals surface area contributed by atoms with E-state index < -0.39 is 5.91 Å². The fourth-order valence-electron chi connectivity index (χ4n) is 3.01. The zero-order chi connectivity index (χ0) is 21.8. The maximum Gasteiger partial charge on any atom is 0.278 e. The van der Waals surface area contributed by atoms with E-state index in [-0.39, 0.29) is 18.1 Å². The van der Waals surface area contributed by atoms with Crippen molar-refractivity contribution in [1.29, 1.82) is 0 Å². The number of carbonyl (C=O) groups is 1. The SMILES string of the molecule is Cc1ccc(Cn2cc(NC(=O)c3noc(C)c3COc3ccc(F)cc3)cn2)cc1. The molecule has 0 fully saturated rings. The number of carbonyl (C=O) groups excluding carboxylic acids is 1. The Labute approximate surface area is 178 Å². The molecule has 158 valence electrons. The van der Waals surface area contributed by atoms with Gasteiger partial charge in [0.25, 0.3) is 5.91 Å². The number of aromatic nitrogens is 3. The lowest BCUT2D eigenvalue weighted by Crippen LogP contribution is -2.15. The number of aryl methyl sites for hydroxylation is 2. The Hall–Kier alpha value is -3.94. The Morgan fingerprint density at radius 3 is 2.61 bits per heavy atom. The molecule has 0 atom stereocenters. The van der Waals surface area contributed by atoms with E-state index >= 15 is 0 Å². The second-order valence-electron chi connectivity index (χ2n) is 7.17. The van der Waals surface area contributed by atoms with Gasteiger partial charge in [-0.1, -0.05) is 35.0 Å². The molecule has 2 heterocycles.